The molecule has 0 aromatic carbocycles. The molecule has 0 saturated heterocycles. The Morgan fingerprint density at radius 3 is 2.69 bits per heavy atom. The second-order valence-electron chi connectivity index (χ2n) is 2.91. The fourth-order valence-corrected chi connectivity index (χ4v) is 1.54. The van der Waals surface area contributed by atoms with Crippen molar-refractivity contribution in [3.05, 3.63) is 27.1 Å². The van der Waals surface area contributed by atoms with Gasteiger partial charge in [0.1, 0.15) is 3.70 Å². The van der Waals surface area contributed by atoms with Crippen molar-refractivity contribution in [1.82, 2.24) is 4.98 Å². The summed E-state index contributed by atoms with van der Waals surface area (Å²) in [5.41, 5.74) is -1.03. The lowest BCUT2D eigenvalue weighted by molar-refractivity contribution is -0.141. The Hall–Kier alpha value is -0.860. The molecular weight excluding hydrogens is 338 g/mol. The van der Waals surface area contributed by atoms with Gasteiger partial charge in [-0.2, -0.15) is 13.2 Å². The number of aromatic nitrogens is 1. The van der Waals surface area contributed by atoms with Gasteiger partial charge in [0.2, 0.25) is 0 Å². The maximum absolute atomic E-state index is 12.6. The summed E-state index contributed by atoms with van der Waals surface area (Å²) < 4.78 is 42.3. The molecule has 0 aliphatic carbocycles. The molecule has 1 aromatic rings. The van der Waals surface area contributed by atoms with E-state index in [4.69, 9.17) is 0 Å². The minimum absolute atomic E-state index is 0.181. The molecule has 7 heteroatoms. The van der Waals surface area contributed by atoms with Crippen LogP contribution >= 0.6 is 22.6 Å². The number of ether oxygens (including phenoxy) is 1. The predicted molar refractivity (Wildman–Crippen MR) is 57.7 cm³/mol. The van der Waals surface area contributed by atoms with Crippen LogP contribution in [0.4, 0.5) is 13.2 Å². The lowest BCUT2D eigenvalue weighted by Crippen LogP contribution is -2.14. The molecule has 0 amide bonds. The van der Waals surface area contributed by atoms with Gasteiger partial charge in [0.05, 0.1) is 19.1 Å². The van der Waals surface area contributed by atoms with E-state index in [2.05, 4.69) is 9.72 Å². The largest absolute Gasteiger partial charge is 0.469 e. The van der Waals surface area contributed by atoms with E-state index < -0.39 is 24.1 Å². The van der Waals surface area contributed by atoms with Gasteiger partial charge in [-0.25, -0.2) is 0 Å². The fraction of sp³-hybridized carbons (Fsp3) is 0.333. The van der Waals surface area contributed by atoms with E-state index >= 15 is 0 Å². The summed E-state index contributed by atoms with van der Waals surface area (Å²) in [4.78, 5) is 14.6. The Bertz CT molecular complexity index is 406. The minimum atomic E-state index is -4.49. The van der Waals surface area contributed by atoms with Crippen LogP contribution in [0.25, 0.3) is 0 Å². The molecule has 3 nitrogen and oxygen atoms in total. The quantitative estimate of drug-likeness (QED) is 0.470. The Morgan fingerprint density at radius 1 is 1.56 bits per heavy atom. The molecule has 0 saturated carbocycles. The van der Waals surface area contributed by atoms with Gasteiger partial charge in [0.25, 0.3) is 0 Å². The Labute approximate surface area is 103 Å². The van der Waals surface area contributed by atoms with Gasteiger partial charge >= 0.3 is 12.1 Å². The van der Waals surface area contributed by atoms with E-state index in [1.807, 2.05) is 0 Å². The first-order valence-electron chi connectivity index (χ1n) is 4.13. The summed E-state index contributed by atoms with van der Waals surface area (Å²) in [5, 5.41) is 0. The van der Waals surface area contributed by atoms with E-state index in [-0.39, 0.29) is 9.26 Å². The van der Waals surface area contributed by atoms with E-state index in [1.54, 1.807) is 22.6 Å². The molecule has 0 bridgehead atoms. The molecule has 88 valence electrons. The topological polar surface area (TPSA) is 39.2 Å². The number of esters is 1. The standard InChI is InChI=1S/C9H7F3INO2/c1-16-8(15)2-5-4-14-7(13)3-6(5)9(10,11)12/h3-4H,2H2,1H3. The van der Waals surface area contributed by atoms with Gasteiger partial charge in [0.15, 0.2) is 0 Å². The molecule has 0 unspecified atom stereocenters. The third-order valence-corrected chi connectivity index (χ3v) is 2.41. The van der Waals surface area contributed by atoms with Crippen LogP contribution in [0, 0.1) is 3.70 Å². The molecule has 0 N–H and O–H groups in total. The Balaban J connectivity index is 3.13. The number of carbonyl (C=O) groups excluding carboxylic acids is 1. The first-order chi connectivity index (χ1) is 7.34. The van der Waals surface area contributed by atoms with Gasteiger partial charge in [-0.3, -0.25) is 9.78 Å². The third kappa shape index (κ3) is 3.32. The van der Waals surface area contributed by atoms with Gasteiger partial charge in [-0.1, -0.05) is 0 Å². The summed E-state index contributed by atoms with van der Waals surface area (Å²) in [7, 11) is 1.12. The number of methoxy groups -OCH3 is 1. The fourth-order valence-electron chi connectivity index (χ4n) is 1.09. The van der Waals surface area contributed by atoms with Crippen molar-refractivity contribution < 1.29 is 22.7 Å². The lowest BCUT2D eigenvalue weighted by Gasteiger charge is -2.11. The van der Waals surface area contributed by atoms with Crippen LogP contribution in [0.2, 0.25) is 0 Å². The molecule has 0 aliphatic rings. The molecule has 0 atom stereocenters. The molecule has 16 heavy (non-hydrogen) atoms. The van der Waals surface area contributed by atoms with Crippen LogP contribution in [0.1, 0.15) is 11.1 Å². The van der Waals surface area contributed by atoms with Crippen LogP contribution in [-0.2, 0) is 22.1 Å². The molecule has 0 spiro atoms. The number of alkyl halides is 3. The van der Waals surface area contributed by atoms with Crippen molar-refractivity contribution >= 4 is 28.6 Å². The lowest BCUT2D eigenvalue weighted by atomic mass is 10.1. The van der Waals surface area contributed by atoms with E-state index in [1.165, 1.54) is 0 Å². The van der Waals surface area contributed by atoms with Crippen LogP contribution in [0.15, 0.2) is 12.3 Å². The number of carbonyl (C=O) groups is 1. The predicted octanol–water partition coefficient (Wildman–Crippen LogP) is 2.42. The smallest absolute Gasteiger partial charge is 0.416 e. The Kier molecular flexibility index (Phi) is 4.11. The number of halogens is 4. The average Bonchev–Trinajstić information content (AvgIpc) is 2.19. The van der Waals surface area contributed by atoms with E-state index in [0.717, 1.165) is 19.4 Å². The molecule has 1 heterocycles. The first-order valence-corrected chi connectivity index (χ1v) is 5.21. The van der Waals surface area contributed by atoms with E-state index in [9.17, 15) is 18.0 Å². The molecule has 0 fully saturated rings. The van der Waals surface area contributed by atoms with Crippen molar-refractivity contribution in [2.75, 3.05) is 7.11 Å². The van der Waals surface area contributed by atoms with Crippen molar-refractivity contribution in [2.45, 2.75) is 12.6 Å². The number of rotatable bonds is 2. The summed E-state index contributed by atoms with van der Waals surface area (Å²) in [5.74, 6) is -0.728. The zero-order chi connectivity index (χ0) is 12.3. The van der Waals surface area contributed by atoms with Crippen LogP contribution in [0.3, 0.4) is 0 Å². The highest BCUT2D eigenvalue weighted by Crippen LogP contribution is 2.32. The highest BCUT2D eigenvalue weighted by atomic mass is 127. The van der Waals surface area contributed by atoms with Gasteiger partial charge < -0.3 is 4.74 Å². The minimum Gasteiger partial charge on any atom is -0.469 e. The van der Waals surface area contributed by atoms with Crippen LogP contribution < -0.4 is 0 Å². The van der Waals surface area contributed by atoms with Crippen LogP contribution in [0.5, 0.6) is 0 Å². The monoisotopic (exact) mass is 345 g/mol. The highest BCUT2D eigenvalue weighted by molar-refractivity contribution is 14.1. The summed E-state index contributed by atoms with van der Waals surface area (Å²) >= 11 is 1.68. The van der Waals surface area contributed by atoms with Gasteiger partial charge in [-0.05, 0) is 34.2 Å². The highest BCUT2D eigenvalue weighted by Gasteiger charge is 2.34. The summed E-state index contributed by atoms with van der Waals surface area (Å²) in [6.45, 7) is 0. The maximum Gasteiger partial charge on any atom is 0.416 e. The normalized spacial score (nSPS) is 11.3. The number of hydrogen-bond donors (Lipinski definition) is 0. The third-order valence-electron chi connectivity index (χ3n) is 1.82. The van der Waals surface area contributed by atoms with Crippen molar-refractivity contribution in [3.8, 4) is 0 Å². The molecule has 1 rings (SSSR count). The van der Waals surface area contributed by atoms with Crippen LogP contribution in [-0.4, -0.2) is 18.1 Å². The molecule has 0 aliphatic heterocycles. The maximum atomic E-state index is 12.6. The summed E-state index contributed by atoms with van der Waals surface area (Å²) in [6, 6.07) is 0.902. The number of hydrogen-bond acceptors (Lipinski definition) is 3. The SMILES string of the molecule is COC(=O)Cc1cnc(I)cc1C(F)(F)F. The Morgan fingerprint density at radius 2 is 2.19 bits per heavy atom. The second-order valence-corrected chi connectivity index (χ2v) is 4.02. The number of nitrogens with zero attached hydrogens (tertiary/aromatic N) is 1. The van der Waals surface area contributed by atoms with E-state index in [0.29, 0.717) is 0 Å². The van der Waals surface area contributed by atoms with Gasteiger partial charge in [0, 0.05) is 6.20 Å². The van der Waals surface area contributed by atoms with Gasteiger partial charge in [-0.15, -0.1) is 0 Å². The number of pyridine rings is 1. The second kappa shape index (κ2) is 4.98. The summed E-state index contributed by atoms with van der Waals surface area (Å²) in [6.07, 6.45) is -3.89. The molecular formula is C9H7F3INO2. The molecule has 1 aromatic heterocycles. The van der Waals surface area contributed by atoms with Crippen molar-refractivity contribution in [2.24, 2.45) is 0 Å². The zero-order valence-electron chi connectivity index (χ0n) is 8.14. The van der Waals surface area contributed by atoms with Crippen molar-refractivity contribution in [1.29, 1.82) is 0 Å². The molecule has 0 radical (unpaired) electrons. The first kappa shape index (κ1) is 13.2. The zero-order valence-corrected chi connectivity index (χ0v) is 10.3. The average molecular weight is 345 g/mol. The van der Waals surface area contributed by atoms with Crippen molar-refractivity contribution in [3.63, 3.8) is 0 Å².